The molecule has 0 amide bonds. The van der Waals surface area contributed by atoms with Crippen molar-refractivity contribution in [2.24, 2.45) is 5.10 Å². The Hall–Kier alpha value is -2.99. The van der Waals surface area contributed by atoms with Gasteiger partial charge in [0.15, 0.2) is 5.65 Å². The fourth-order valence-corrected chi connectivity index (χ4v) is 3.04. The molecule has 0 atom stereocenters. The summed E-state index contributed by atoms with van der Waals surface area (Å²) >= 11 is 5.88. The van der Waals surface area contributed by atoms with Gasteiger partial charge in [-0.3, -0.25) is 0 Å². The summed E-state index contributed by atoms with van der Waals surface area (Å²) in [6, 6.07) is 15.6. The van der Waals surface area contributed by atoms with Crippen molar-refractivity contribution >= 4 is 45.8 Å². The summed E-state index contributed by atoms with van der Waals surface area (Å²) in [4.78, 5) is 4.62. The van der Waals surface area contributed by atoms with E-state index in [1.165, 1.54) is 0 Å². The Morgan fingerprint density at radius 3 is 2.73 bits per heavy atom. The van der Waals surface area contributed by atoms with Gasteiger partial charge in [-0.2, -0.15) is 10.1 Å². The molecule has 0 unspecified atom stereocenters. The molecule has 7 heteroatoms. The van der Waals surface area contributed by atoms with Crippen LogP contribution in [0.3, 0.4) is 0 Å². The second-order valence-electron chi connectivity index (χ2n) is 5.90. The quantitative estimate of drug-likeness (QED) is 0.418. The van der Waals surface area contributed by atoms with E-state index in [-0.39, 0.29) is 0 Å². The molecule has 0 spiro atoms. The molecule has 130 valence electrons. The molecule has 0 aliphatic carbocycles. The first-order valence-electron chi connectivity index (χ1n) is 8.42. The number of benzene rings is 2. The topological polar surface area (TPSA) is 68.0 Å². The van der Waals surface area contributed by atoms with Gasteiger partial charge in [0.2, 0.25) is 0 Å². The van der Waals surface area contributed by atoms with E-state index in [9.17, 15) is 0 Å². The molecule has 0 bridgehead atoms. The van der Waals surface area contributed by atoms with E-state index >= 15 is 0 Å². The van der Waals surface area contributed by atoms with Gasteiger partial charge in [-0.05, 0) is 30.2 Å². The summed E-state index contributed by atoms with van der Waals surface area (Å²) < 4.78 is 2.17. The highest BCUT2D eigenvalue weighted by Crippen LogP contribution is 2.26. The minimum atomic E-state index is 0.364. The maximum absolute atomic E-state index is 5.88. The van der Waals surface area contributed by atoms with Crippen LogP contribution in [0, 0.1) is 0 Å². The van der Waals surface area contributed by atoms with Crippen LogP contribution in [0.5, 0.6) is 0 Å². The summed E-state index contributed by atoms with van der Waals surface area (Å²) in [6.45, 7) is 3.01. The predicted octanol–water partition coefficient (Wildman–Crippen LogP) is 4.49. The predicted molar refractivity (Wildman–Crippen MR) is 106 cm³/mol. The Labute approximate surface area is 155 Å². The number of halogens is 1. The molecule has 26 heavy (non-hydrogen) atoms. The van der Waals surface area contributed by atoms with Crippen molar-refractivity contribution in [3.63, 3.8) is 0 Å². The fourth-order valence-electron chi connectivity index (χ4n) is 2.91. The highest BCUT2D eigenvalue weighted by Gasteiger charge is 2.13. The lowest BCUT2D eigenvalue weighted by molar-refractivity contribution is 0.716. The molecule has 2 heterocycles. The minimum Gasteiger partial charge on any atom is -0.324 e. The molecule has 6 nitrogen and oxygen atoms in total. The number of rotatable bonds is 5. The number of aromatic nitrogens is 4. The lowest BCUT2D eigenvalue weighted by Crippen LogP contribution is -2.03. The summed E-state index contributed by atoms with van der Waals surface area (Å²) in [5, 5.41) is 14.5. The summed E-state index contributed by atoms with van der Waals surface area (Å²) in [6.07, 6.45) is 2.70. The number of hydrogen-bond acceptors (Lipinski definition) is 5. The van der Waals surface area contributed by atoms with Crippen LogP contribution < -0.4 is 5.43 Å². The van der Waals surface area contributed by atoms with Crippen LogP contribution in [0.4, 0.5) is 5.95 Å². The second kappa shape index (κ2) is 7.09. The molecule has 0 radical (unpaired) electrons. The first kappa shape index (κ1) is 16.5. The smallest absolute Gasteiger partial charge is 0.265 e. The first-order valence-corrected chi connectivity index (χ1v) is 8.80. The van der Waals surface area contributed by atoms with Crippen LogP contribution in [0.1, 0.15) is 18.9 Å². The van der Waals surface area contributed by atoms with Gasteiger partial charge in [-0.15, -0.1) is 10.2 Å². The number of aryl methyl sites for hydroxylation is 1. The minimum absolute atomic E-state index is 0.364. The highest BCUT2D eigenvalue weighted by atomic mass is 35.5. The number of hydrazone groups is 1. The molecular formula is C19H17ClN6. The van der Waals surface area contributed by atoms with Gasteiger partial charge in [0.05, 0.1) is 11.7 Å². The third kappa shape index (κ3) is 3.11. The highest BCUT2D eigenvalue weighted by molar-refractivity contribution is 6.30. The molecule has 0 saturated heterocycles. The van der Waals surface area contributed by atoms with E-state index in [0.717, 1.165) is 40.6 Å². The Bertz CT molecular complexity index is 1080. The average Bonchev–Trinajstić information content (AvgIpc) is 2.97. The molecule has 1 N–H and O–H groups in total. The largest absolute Gasteiger partial charge is 0.324 e. The Morgan fingerprint density at radius 2 is 1.92 bits per heavy atom. The molecule has 0 fully saturated rings. The van der Waals surface area contributed by atoms with Crippen LogP contribution >= 0.6 is 11.6 Å². The van der Waals surface area contributed by atoms with Crippen LogP contribution in [0.25, 0.3) is 22.1 Å². The van der Waals surface area contributed by atoms with Crippen molar-refractivity contribution < 1.29 is 0 Å². The van der Waals surface area contributed by atoms with Gasteiger partial charge >= 0.3 is 0 Å². The van der Waals surface area contributed by atoms with E-state index in [1.807, 2.05) is 42.5 Å². The van der Waals surface area contributed by atoms with Gasteiger partial charge in [-0.1, -0.05) is 48.9 Å². The van der Waals surface area contributed by atoms with Crippen LogP contribution in [0.2, 0.25) is 5.02 Å². The molecule has 4 rings (SSSR count). The Kier molecular flexibility index (Phi) is 4.50. The van der Waals surface area contributed by atoms with E-state index in [1.54, 1.807) is 6.21 Å². The zero-order valence-corrected chi connectivity index (χ0v) is 15.0. The molecule has 0 aliphatic rings. The van der Waals surface area contributed by atoms with Crippen molar-refractivity contribution in [3.05, 3.63) is 59.1 Å². The molecule has 2 aromatic carbocycles. The SMILES string of the molecule is CCCn1c2ccccc2c2nnc(N/N=C/c3ccc(Cl)cc3)nc21. The number of nitrogens with one attached hydrogen (secondary N) is 1. The maximum atomic E-state index is 5.88. The van der Waals surface area contributed by atoms with Gasteiger partial charge in [0.1, 0.15) is 5.52 Å². The van der Waals surface area contributed by atoms with Crippen LogP contribution in [-0.2, 0) is 6.54 Å². The van der Waals surface area contributed by atoms with Crippen LogP contribution in [-0.4, -0.2) is 26.0 Å². The first-order chi connectivity index (χ1) is 12.8. The summed E-state index contributed by atoms with van der Waals surface area (Å²) in [7, 11) is 0. The zero-order chi connectivity index (χ0) is 17.9. The molecule has 4 aromatic rings. The van der Waals surface area contributed by atoms with Crippen molar-refractivity contribution in [1.29, 1.82) is 0 Å². The third-order valence-corrected chi connectivity index (χ3v) is 4.32. The van der Waals surface area contributed by atoms with Crippen LogP contribution in [0.15, 0.2) is 53.6 Å². The monoisotopic (exact) mass is 364 g/mol. The summed E-state index contributed by atoms with van der Waals surface area (Å²) in [5.41, 5.74) is 6.52. The lowest BCUT2D eigenvalue weighted by Gasteiger charge is -2.04. The Morgan fingerprint density at radius 1 is 1.12 bits per heavy atom. The number of hydrogen-bond donors (Lipinski definition) is 1. The maximum Gasteiger partial charge on any atom is 0.265 e. The lowest BCUT2D eigenvalue weighted by atomic mass is 10.2. The van der Waals surface area contributed by atoms with Crippen molar-refractivity contribution in [2.45, 2.75) is 19.9 Å². The van der Waals surface area contributed by atoms with E-state index in [2.05, 4.69) is 43.3 Å². The van der Waals surface area contributed by atoms with Crippen molar-refractivity contribution in [3.8, 4) is 0 Å². The Balaban J connectivity index is 1.67. The number of nitrogens with zero attached hydrogens (tertiary/aromatic N) is 5. The number of fused-ring (bicyclic) bond motifs is 3. The van der Waals surface area contributed by atoms with Crippen molar-refractivity contribution in [1.82, 2.24) is 19.7 Å². The standard InChI is InChI=1S/C19H17ClN6/c1-2-11-26-16-6-4-3-5-15(16)17-18(26)22-19(25-23-17)24-21-12-13-7-9-14(20)10-8-13/h3-10,12H,2,11H2,1H3,(H,22,24,25)/b21-12+. The van der Waals surface area contributed by atoms with E-state index in [0.29, 0.717) is 11.0 Å². The molecule has 2 aromatic heterocycles. The zero-order valence-electron chi connectivity index (χ0n) is 14.2. The normalized spacial score (nSPS) is 11.6. The average molecular weight is 365 g/mol. The second-order valence-corrected chi connectivity index (χ2v) is 6.33. The van der Waals surface area contributed by atoms with E-state index in [4.69, 9.17) is 11.6 Å². The number of para-hydroxylation sites is 1. The van der Waals surface area contributed by atoms with E-state index < -0.39 is 0 Å². The molecular weight excluding hydrogens is 348 g/mol. The van der Waals surface area contributed by atoms with Gasteiger partial charge in [0, 0.05) is 17.0 Å². The molecule has 0 aliphatic heterocycles. The van der Waals surface area contributed by atoms with Gasteiger partial charge in [0.25, 0.3) is 5.95 Å². The third-order valence-electron chi connectivity index (χ3n) is 4.07. The van der Waals surface area contributed by atoms with Crippen molar-refractivity contribution in [2.75, 3.05) is 5.43 Å². The molecule has 0 saturated carbocycles. The fraction of sp³-hybridized carbons (Fsp3) is 0.158. The van der Waals surface area contributed by atoms with Gasteiger partial charge in [-0.25, -0.2) is 5.43 Å². The summed E-state index contributed by atoms with van der Waals surface area (Å²) in [5.74, 6) is 0.364. The van der Waals surface area contributed by atoms with Gasteiger partial charge < -0.3 is 4.57 Å². The number of anilines is 1.